The van der Waals surface area contributed by atoms with Crippen molar-refractivity contribution in [2.75, 3.05) is 6.54 Å². The molecule has 0 amide bonds. The van der Waals surface area contributed by atoms with Crippen LogP contribution in [0.25, 0.3) is 10.9 Å². The maximum Gasteiger partial charge on any atom is 0.242 e. The van der Waals surface area contributed by atoms with Crippen LogP contribution in [0.2, 0.25) is 10.0 Å². The van der Waals surface area contributed by atoms with Crippen LogP contribution in [-0.4, -0.2) is 19.9 Å². The third-order valence-corrected chi connectivity index (χ3v) is 6.44. The fourth-order valence-electron chi connectivity index (χ4n) is 2.73. The zero-order valence-electron chi connectivity index (χ0n) is 13.9. The molecule has 7 heteroatoms. The summed E-state index contributed by atoms with van der Waals surface area (Å²) in [6.07, 6.45) is 2.49. The molecule has 2 N–H and O–H groups in total. The second kappa shape index (κ2) is 7.00. The monoisotopic (exact) mass is 396 g/mol. The van der Waals surface area contributed by atoms with Gasteiger partial charge in [-0.1, -0.05) is 34.8 Å². The molecule has 0 aliphatic rings. The van der Waals surface area contributed by atoms with Crippen LogP contribution in [0.1, 0.15) is 16.7 Å². The van der Waals surface area contributed by atoms with Crippen molar-refractivity contribution in [3.05, 3.63) is 63.3 Å². The largest absolute Gasteiger partial charge is 0.361 e. The van der Waals surface area contributed by atoms with E-state index in [9.17, 15) is 8.42 Å². The Bertz CT molecular complexity index is 1040. The van der Waals surface area contributed by atoms with E-state index in [2.05, 4.69) is 15.8 Å². The van der Waals surface area contributed by atoms with Gasteiger partial charge in [0.1, 0.15) is 4.90 Å². The predicted molar refractivity (Wildman–Crippen MR) is 103 cm³/mol. The van der Waals surface area contributed by atoms with E-state index in [1.165, 1.54) is 12.1 Å². The van der Waals surface area contributed by atoms with Crippen molar-refractivity contribution >= 4 is 44.1 Å². The summed E-state index contributed by atoms with van der Waals surface area (Å²) >= 11 is 12.0. The lowest BCUT2D eigenvalue weighted by Gasteiger charge is -2.10. The zero-order chi connectivity index (χ0) is 18.2. The summed E-state index contributed by atoms with van der Waals surface area (Å²) in [6, 6.07) is 9.09. The highest BCUT2D eigenvalue weighted by Gasteiger charge is 2.19. The van der Waals surface area contributed by atoms with Crippen LogP contribution in [0.3, 0.4) is 0 Å². The molecule has 0 saturated carbocycles. The highest BCUT2D eigenvalue weighted by Crippen LogP contribution is 2.28. The number of H-pyrrole nitrogens is 1. The molecule has 132 valence electrons. The highest BCUT2D eigenvalue weighted by molar-refractivity contribution is 7.89. The molecule has 25 heavy (non-hydrogen) atoms. The molecule has 4 nitrogen and oxygen atoms in total. The molecule has 3 rings (SSSR count). The lowest BCUT2D eigenvalue weighted by Crippen LogP contribution is -2.26. The molecule has 3 aromatic rings. The molecule has 0 radical (unpaired) electrons. The SMILES string of the molecule is Cc1ccc2[nH]cc(CCNS(=O)(=O)c3cc(C)c(Cl)cc3Cl)c2c1. The maximum atomic E-state index is 12.5. The average Bonchev–Trinajstić information content (AvgIpc) is 2.93. The molecule has 1 heterocycles. The fourth-order valence-corrected chi connectivity index (χ4v) is 4.60. The number of rotatable bonds is 5. The Hall–Kier alpha value is -1.53. The van der Waals surface area contributed by atoms with E-state index in [1.54, 1.807) is 6.92 Å². The van der Waals surface area contributed by atoms with Gasteiger partial charge in [0, 0.05) is 28.7 Å². The third kappa shape index (κ3) is 3.85. The number of aromatic nitrogens is 1. The number of hydrogen-bond donors (Lipinski definition) is 2. The summed E-state index contributed by atoms with van der Waals surface area (Å²) < 4.78 is 27.6. The van der Waals surface area contributed by atoms with Crippen molar-refractivity contribution < 1.29 is 8.42 Å². The minimum absolute atomic E-state index is 0.0471. The van der Waals surface area contributed by atoms with E-state index < -0.39 is 10.0 Å². The number of sulfonamides is 1. The average molecular weight is 397 g/mol. The first-order chi connectivity index (χ1) is 11.8. The summed E-state index contributed by atoms with van der Waals surface area (Å²) in [5.74, 6) is 0. The molecule has 2 aromatic carbocycles. The van der Waals surface area contributed by atoms with Gasteiger partial charge in [-0.2, -0.15) is 0 Å². The quantitative estimate of drug-likeness (QED) is 0.660. The molecular formula is C18H18Cl2N2O2S. The summed E-state index contributed by atoms with van der Waals surface area (Å²) in [4.78, 5) is 3.25. The van der Waals surface area contributed by atoms with Crippen molar-refractivity contribution in [3.63, 3.8) is 0 Å². The van der Waals surface area contributed by atoms with Crippen LogP contribution in [-0.2, 0) is 16.4 Å². The van der Waals surface area contributed by atoms with Gasteiger partial charge in [0.05, 0.1) is 5.02 Å². The molecule has 0 aliphatic carbocycles. The molecule has 0 spiro atoms. The Kier molecular flexibility index (Phi) is 5.11. The van der Waals surface area contributed by atoms with E-state index in [4.69, 9.17) is 23.2 Å². The molecule has 1 aromatic heterocycles. The van der Waals surface area contributed by atoms with Crippen LogP contribution in [0, 0.1) is 13.8 Å². The minimum atomic E-state index is -3.70. The number of benzene rings is 2. The first kappa shape index (κ1) is 18.3. The van der Waals surface area contributed by atoms with Gasteiger partial charge in [0.25, 0.3) is 0 Å². The number of halogens is 2. The Morgan fingerprint density at radius 3 is 2.60 bits per heavy atom. The van der Waals surface area contributed by atoms with Crippen LogP contribution in [0.4, 0.5) is 0 Å². The van der Waals surface area contributed by atoms with Gasteiger partial charge in [0.15, 0.2) is 0 Å². The summed E-state index contributed by atoms with van der Waals surface area (Å²) in [5.41, 5.74) is 3.94. The molecule has 0 atom stereocenters. The van der Waals surface area contributed by atoms with E-state index in [0.29, 0.717) is 17.0 Å². The van der Waals surface area contributed by atoms with Gasteiger partial charge in [-0.25, -0.2) is 13.1 Å². The van der Waals surface area contributed by atoms with Crippen LogP contribution >= 0.6 is 23.2 Å². The van der Waals surface area contributed by atoms with Crippen LogP contribution < -0.4 is 4.72 Å². The van der Waals surface area contributed by atoms with Crippen LogP contribution in [0.15, 0.2) is 41.4 Å². The number of aryl methyl sites for hydroxylation is 2. The standard InChI is InChI=1S/C18H18Cl2N2O2S/c1-11-3-4-17-14(7-11)13(10-21-17)5-6-22-25(23,24)18-8-12(2)15(19)9-16(18)20/h3-4,7-10,21-22H,5-6H2,1-2H3. The molecule has 0 bridgehead atoms. The van der Waals surface area contributed by atoms with E-state index in [0.717, 1.165) is 22.0 Å². The van der Waals surface area contributed by atoms with Gasteiger partial charge in [-0.05, 0) is 55.7 Å². The van der Waals surface area contributed by atoms with Crippen molar-refractivity contribution in [1.29, 1.82) is 0 Å². The van der Waals surface area contributed by atoms with Gasteiger partial charge in [-0.15, -0.1) is 0 Å². The fraction of sp³-hybridized carbons (Fsp3) is 0.222. The van der Waals surface area contributed by atoms with Crippen molar-refractivity contribution in [2.45, 2.75) is 25.2 Å². The number of aromatic amines is 1. The predicted octanol–water partition coefficient (Wildman–Crippen LogP) is 4.61. The Balaban J connectivity index is 1.76. The number of fused-ring (bicyclic) bond motifs is 1. The Labute approximate surface area is 157 Å². The van der Waals surface area contributed by atoms with Crippen molar-refractivity contribution in [3.8, 4) is 0 Å². The summed E-state index contributed by atoms with van der Waals surface area (Å²) in [6.45, 7) is 4.05. The smallest absolute Gasteiger partial charge is 0.242 e. The minimum Gasteiger partial charge on any atom is -0.361 e. The first-order valence-electron chi connectivity index (χ1n) is 7.80. The Morgan fingerprint density at radius 2 is 1.84 bits per heavy atom. The number of hydrogen-bond acceptors (Lipinski definition) is 2. The third-order valence-electron chi connectivity index (χ3n) is 4.11. The van der Waals surface area contributed by atoms with Gasteiger partial charge in [-0.3, -0.25) is 0 Å². The molecule has 0 unspecified atom stereocenters. The Morgan fingerprint density at radius 1 is 1.08 bits per heavy atom. The van der Waals surface area contributed by atoms with Crippen LogP contribution in [0.5, 0.6) is 0 Å². The molecule has 0 fully saturated rings. The molecule has 0 aliphatic heterocycles. The zero-order valence-corrected chi connectivity index (χ0v) is 16.2. The lowest BCUT2D eigenvalue weighted by molar-refractivity contribution is 0.581. The van der Waals surface area contributed by atoms with Crippen molar-refractivity contribution in [2.24, 2.45) is 0 Å². The van der Waals surface area contributed by atoms with Crippen molar-refractivity contribution in [1.82, 2.24) is 9.71 Å². The second-order valence-corrected chi connectivity index (χ2v) is 8.59. The number of nitrogens with one attached hydrogen (secondary N) is 2. The highest BCUT2D eigenvalue weighted by atomic mass is 35.5. The van der Waals surface area contributed by atoms with E-state index in [-0.39, 0.29) is 16.5 Å². The molecular weight excluding hydrogens is 379 g/mol. The summed E-state index contributed by atoms with van der Waals surface area (Å²) in [7, 11) is -3.70. The lowest BCUT2D eigenvalue weighted by atomic mass is 10.1. The second-order valence-electron chi connectivity index (χ2n) is 6.04. The summed E-state index contributed by atoms with van der Waals surface area (Å²) in [5, 5.41) is 1.67. The van der Waals surface area contributed by atoms with E-state index in [1.807, 2.05) is 25.3 Å². The van der Waals surface area contributed by atoms with Gasteiger partial charge < -0.3 is 4.98 Å². The topological polar surface area (TPSA) is 62.0 Å². The maximum absolute atomic E-state index is 12.5. The normalized spacial score (nSPS) is 12.0. The van der Waals surface area contributed by atoms with Gasteiger partial charge >= 0.3 is 0 Å². The van der Waals surface area contributed by atoms with Gasteiger partial charge in [0.2, 0.25) is 10.0 Å². The van der Waals surface area contributed by atoms with E-state index >= 15 is 0 Å². The first-order valence-corrected chi connectivity index (χ1v) is 10.0. The molecule has 0 saturated heterocycles.